The third-order valence-electron chi connectivity index (χ3n) is 4.16. The molecule has 0 radical (unpaired) electrons. The van der Waals surface area contributed by atoms with Crippen molar-refractivity contribution in [1.82, 2.24) is 8.96 Å². The van der Waals surface area contributed by atoms with Crippen molar-refractivity contribution in [2.24, 2.45) is 0 Å². The predicted molar refractivity (Wildman–Crippen MR) is 101 cm³/mol. The van der Waals surface area contributed by atoms with Crippen molar-refractivity contribution in [2.45, 2.75) is 4.90 Å². The monoisotopic (exact) mass is 420 g/mol. The topological polar surface area (TPSA) is 72.2 Å². The lowest BCUT2D eigenvalue weighted by molar-refractivity contribution is 0.411. The third kappa shape index (κ3) is 2.90. The average molecular weight is 421 g/mol. The van der Waals surface area contributed by atoms with Crippen molar-refractivity contribution < 1.29 is 22.3 Å². The maximum atomic E-state index is 13.8. The van der Waals surface area contributed by atoms with Gasteiger partial charge in [0.05, 0.1) is 16.9 Å². The van der Waals surface area contributed by atoms with Crippen LogP contribution in [0.4, 0.5) is 8.78 Å². The number of nitrogens with zero attached hydrogens (tertiary/aromatic N) is 2. The number of aromatic hydroxyl groups is 1. The number of benzene rings is 2. The SMILES string of the molecule is O=S(=O)(c1cc(F)cc(F)c1O)n1c(-c2ccccn2)cc2cc(Cl)ccc21. The molecule has 4 aromatic rings. The van der Waals surface area contributed by atoms with E-state index in [0.717, 1.165) is 3.97 Å². The first-order chi connectivity index (χ1) is 13.3. The Balaban J connectivity index is 2.11. The zero-order chi connectivity index (χ0) is 20.1. The number of fused-ring (bicyclic) bond motifs is 1. The van der Waals surface area contributed by atoms with E-state index in [1.807, 2.05) is 0 Å². The number of pyridine rings is 1. The van der Waals surface area contributed by atoms with E-state index in [9.17, 15) is 22.3 Å². The lowest BCUT2D eigenvalue weighted by Gasteiger charge is -2.13. The van der Waals surface area contributed by atoms with Gasteiger partial charge in [-0.3, -0.25) is 4.98 Å². The van der Waals surface area contributed by atoms with E-state index in [0.29, 0.717) is 28.2 Å². The molecule has 5 nitrogen and oxygen atoms in total. The second-order valence-corrected chi connectivity index (χ2v) is 8.14. The lowest BCUT2D eigenvalue weighted by Crippen LogP contribution is -2.15. The Hall–Kier alpha value is -2.97. The summed E-state index contributed by atoms with van der Waals surface area (Å²) in [6.45, 7) is 0. The zero-order valence-corrected chi connectivity index (χ0v) is 15.5. The quantitative estimate of drug-likeness (QED) is 0.526. The largest absolute Gasteiger partial charge is 0.504 e. The Morgan fingerprint density at radius 2 is 1.82 bits per heavy atom. The Labute approximate surface area is 163 Å². The fourth-order valence-electron chi connectivity index (χ4n) is 2.95. The van der Waals surface area contributed by atoms with Crippen LogP contribution < -0.4 is 0 Å². The molecular weight excluding hydrogens is 410 g/mol. The number of halogens is 3. The van der Waals surface area contributed by atoms with Crippen molar-refractivity contribution in [3.05, 3.63) is 77.5 Å². The molecule has 0 bridgehead atoms. The second-order valence-electron chi connectivity index (χ2n) is 5.95. The summed E-state index contributed by atoms with van der Waals surface area (Å²) in [4.78, 5) is 3.27. The predicted octanol–water partition coefficient (Wildman–Crippen LogP) is 4.58. The van der Waals surface area contributed by atoms with Crippen LogP contribution in [0.3, 0.4) is 0 Å². The molecule has 0 unspecified atom stereocenters. The summed E-state index contributed by atoms with van der Waals surface area (Å²) < 4.78 is 55.1. The number of phenolic OH excluding ortho intramolecular Hbond substituents is 1. The van der Waals surface area contributed by atoms with Crippen molar-refractivity contribution in [1.29, 1.82) is 0 Å². The van der Waals surface area contributed by atoms with E-state index in [1.54, 1.807) is 30.3 Å². The minimum Gasteiger partial charge on any atom is -0.504 e. The molecule has 2 aromatic heterocycles. The van der Waals surface area contributed by atoms with Gasteiger partial charge in [-0.15, -0.1) is 0 Å². The van der Waals surface area contributed by atoms with Crippen molar-refractivity contribution in [3.63, 3.8) is 0 Å². The van der Waals surface area contributed by atoms with Crippen LogP contribution in [0.1, 0.15) is 0 Å². The zero-order valence-electron chi connectivity index (χ0n) is 14.0. The molecule has 0 amide bonds. The highest BCUT2D eigenvalue weighted by atomic mass is 35.5. The molecule has 4 rings (SSSR count). The Kier molecular flexibility index (Phi) is 4.32. The first-order valence-corrected chi connectivity index (χ1v) is 9.77. The minimum atomic E-state index is -4.59. The van der Waals surface area contributed by atoms with E-state index in [-0.39, 0.29) is 11.2 Å². The summed E-state index contributed by atoms with van der Waals surface area (Å²) in [5.74, 6) is -3.67. The van der Waals surface area contributed by atoms with Gasteiger partial charge in [0, 0.05) is 22.7 Å². The Bertz CT molecular complexity index is 1320. The van der Waals surface area contributed by atoms with Gasteiger partial charge in [-0.2, -0.15) is 0 Å². The van der Waals surface area contributed by atoms with Crippen LogP contribution >= 0.6 is 11.6 Å². The molecule has 0 atom stereocenters. The molecule has 2 heterocycles. The van der Waals surface area contributed by atoms with Gasteiger partial charge in [0.2, 0.25) is 0 Å². The van der Waals surface area contributed by atoms with Crippen LogP contribution in [-0.2, 0) is 10.0 Å². The van der Waals surface area contributed by atoms with Gasteiger partial charge in [-0.1, -0.05) is 17.7 Å². The number of aromatic nitrogens is 2. The third-order valence-corrected chi connectivity index (χ3v) is 6.13. The number of hydrogen-bond acceptors (Lipinski definition) is 4. The summed E-state index contributed by atoms with van der Waals surface area (Å²) in [7, 11) is -4.59. The molecule has 0 fully saturated rings. The first kappa shape index (κ1) is 18.4. The first-order valence-electron chi connectivity index (χ1n) is 7.95. The van der Waals surface area contributed by atoms with Crippen LogP contribution in [0.2, 0.25) is 5.02 Å². The Morgan fingerprint density at radius 1 is 1.04 bits per heavy atom. The second kappa shape index (κ2) is 6.57. The van der Waals surface area contributed by atoms with Gasteiger partial charge in [-0.25, -0.2) is 21.2 Å². The van der Waals surface area contributed by atoms with Crippen LogP contribution in [0.25, 0.3) is 22.3 Å². The van der Waals surface area contributed by atoms with Gasteiger partial charge in [0.15, 0.2) is 11.6 Å². The number of phenols is 1. The number of rotatable bonds is 3. The molecule has 28 heavy (non-hydrogen) atoms. The molecule has 9 heteroatoms. The van der Waals surface area contributed by atoms with Crippen molar-refractivity contribution >= 4 is 32.5 Å². The minimum absolute atomic E-state index is 0.155. The molecule has 0 saturated carbocycles. The van der Waals surface area contributed by atoms with E-state index in [4.69, 9.17) is 11.6 Å². The van der Waals surface area contributed by atoms with Crippen molar-refractivity contribution in [2.75, 3.05) is 0 Å². The molecule has 1 N–H and O–H groups in total. The van der Waals surface area contributed by atoms with Crippen LogP contribution in [0, 0.1) is 11.6 Å². The van der Waals surface area contributed by atoms with Crippen LogP contribution in [0.5, 0.6) is 5.75 Å². The van der Waals surface area contributed by atoms with Gasteiger partial charge in [0.25, 0.3) is 10.0 Å². The average Bonchev–Trinajstić information content (AvgIpc) is 3.04. The molecule has 0 aliphatic carbocycles. The highest BCUT2D eigenvalue weighted by Crippen LogP contribution is 2.36. The van der Waals surface area contributed by atoms with Gasteiger partial charge in [0.1, 0.15) is 10.7 Å². The standard InChI is InChI=1S/C19H11ClF2N2O3S/c20-12-4-5-16-11(7-12)8-17(15-3-1-2-6-23-15)24(16)28(26,27)18-10-13(21)9-14(22)19(18)25/h1-10,25H. The van der Waals surface area contributed by atoms with E-state index < -0.39 is 32.3 Å². The van der Waals surface area contributed by atoms with E-state index >= 15 is 0 Å². The summed E-state index contributed by atoms with van der Waals surface area (Å²) in [5.41, 5.74) is 0.686. The summed E-state index contributed by atoms with van der Waals surface area (Å²) in [6, 6.07) is 12.0. The normalized spacial score (nSPS) is 11.8. The molecular formula is C19H11ClF2N2O3S. The van der Waals surface area contributed by atoms with Crippen LogP contribution in [0.15, 0.2) is 65.7 Å². The fraction of sp³-hybridized carbons (Fsp3) is 0. The maximum absolute atomic E-state index is 13.8. The van der Waals surface area contributed by atoms with E-state index in [1.165, 1.54) is 18.3 Å². The summed E-state index contributed by atoms with van der Waals surface area (Å²) >= 11 is 6.01. The Morgan fingerprint density at radius 3 is 2.54 bits per heavy atom. The molecule has 0 aliphatic rings. The highest BCUT2D eigenvalue weighted by molar-refractivity contribution is 7.90. The molecule has 142 valence electrons. The lowest BCUT2D eigenvalue weighted by atomic mass is 10.2. The highest BCUT2D eigenvalue weighted by Gasteiger charge is 2.29. The molecule has 2 aromatic carbocycles. The van der Waals surface area contributed by atoms with Gasteiger partial charge in [-0.05, 0) is 42.5 Å². The maximum Gasteiger partial charge on any atom is 0.272 e. The number of hydrogen-bond donors (Lipinski definition) is 1. The van der Waals surface area contributed by atoms with Crippen LogP contribution in [-0.4, -0.2) is 22.5 Å². The molecule has 0 aliphatic heterocycles. The van der Waals surface area contributed by atoms with E-state index in [2.05, 4.69) is 4.98 Å². The van der Waals surface area contributed by atoms with Gasteiger partial charge >= 0.3 is 0 Å². The molecule has 0 spiro atoms. The summed E-state index contributed by atoms with van der Waals surface area (Å²) in [6.07, 6.45) is 1.48. The fourth-order valence-corrected chi connectivity index (χ4v) is 4.76. The summed E-state index contributed by atoms with van der Waals surface area (Å²) in [5, 5.41) is 10.8. The van der Waals surface area contributed by atoms with Crippen molar-refractivity contribution in [3.8, 4) is 17.1 Å². The van der Waals surface area contributed by atoms with Gasteiger partial charge < -0.3 is 5.11 Å². The smallest absolute Gasteiger partial charge is 0.272 e. The molecule has 0 saturated heterocycles.